The van der Waals surface area contributed by atoms with Gasteiger partial charge in [0.15, 0.2) is 0 Å². The fraction of sp³-hybridized carbons (Fsp3) is 0.750. The molecule has 1 heteroatoms. The average Bonchev–Trinajstić information content (AvgIpc) is 2.94. The SMILES string of the molecule is CCC1(CC)CC(C)(C)c2c1cc1c([c]2[Ge])C(C)(C)CC1(CC)CC. The monoisotopic (exact) mass is 399 g/mol. The summed E-state index contributed by atoms with van der Waals surface area (Å²) in [5.41, 5.74) is 8.21. The van der Waals surface area contributed by atoms with Gasteiger partial charge in [-0.25, -0.2) is 0 Å². The fourth-order valence-corrected chi connectivity index (χ4v) is 8.73. The van der Waals surface area contributed by atoms with Crippen LogP contribution in [0.2, 0.25) is 0 Å². The van der Waals surface area contributed by atoms with Crippen LogP contribution in [0.5, 0.6) is 0 Å². The maximum atomic E-state index is 2.71. The summed E-state index contributed by atoms with van der Waals surface area (Å²) >= 11 is 2.45. The molecule has 2 aliphatic rings. The molecule has 0 saturated heterocycles. The summed E-state index contributed by atoms with van der Waals surface area (Å²) in [4.78, 5) is 0. The Morgan fingerprint density at radius 2 is 1.04 bits per heavy atom. The Morgan fingerprint density at radius 1 is 0.720 bits per heavy atom. The van der Waals surface area contributed by atoms with Crippen LogP contribution < -0.4 is 4.40 Å². The van der Waals surface area contributed by atoms with Gasteiger partial charge in [-0.2, -0.15) is 0 Å². The van der Waals surface area contributed by atoms with Gasteiger partial charge in [-0.15, -0.1) is 0 Å². The van der Waals surface area contributed by atoms with E-state index in [1.165, 1.54) is 38.5 Å². The second kappa shape index (κ2) is 5.88. The molecule has 0 unspecified atom stereocenters. The molecule has 2 aliphatic carbocycles. The van der Waals surface area contributed by atoms with Crippen molar-refractivity contribution in [2.45, 2.75) is 116 Å². The Kier molecular flexibility index (Phi) is 4.59. The molecule has 0 bridgehead atoms. The van der Waals surface area contributed by atoms with Crippen molar-refractivity contribution >= 4 is 20.9 Å². The summed E-state index contributed by atoms with van der Waals surface area (Å²) in [5.74, 6) is 0. The molecule has 0 nitrogen and oxygen atoms in total. The zero-order valence-electron chi connectivity index (χ0n) is 17.8. The standard InChI is InChI=1S/C24H37Ge/c1-9-23(10-2)14-21(5,6)18-16(23)13-17-19(20(18)25)22(7,8)15-24(17,11-3)12-4/h13H,9-12,14-15H2,1-8H3. The quantitative estimate of drug-likeness (QED) is 0.550. The van der Waals surface area contributed by atoms with E-state index in [4.69, 9.17) is 0 Å². The molecule has 0 aliphatic heterocycles. The van der Waals surface area contributed by atoms with Crippen molar-refractivity contribution in [3.05, 3.63) is 28.3 Å². The third kappa shape index (κ3) is 2.45. The molecule has 3 radical (unpaired) electrons. The Hall–Kier alpha value is -0.237. The molecular weight excluding hydrogens is 361 g/mol. The second-order valence-electron chi connectivity index (χ2n) is 10.2. The van der Waals surface area contributed by atoms with Gasteiger partial charge in [-0.3, -0.25) is 0 Å². The van der Waals surface area contributed by atoms with Crippen LogP contribution in [-0.2, 0) is 21.7 Å². The van der Waals surface area contributed by atoms with Gasteiger partial charge in [0.25, 0.3) is 0 Å². The second-order valence-corrected chi connectivity index (χ2v) is 11.2. The van der Waals surface area contributed by atoms with E-state index in [1.54, 1.807) is 26.6 Å². The van der Waals surface area contributed by atoms with Crippen LogP contribution in [0.1, 0.15) is 116 Å². The van der Waals surface area contributed by atoms with E-state index in [9.17, 15) is 0 Å². The van der Waals surface area contributed by atoms with Crippen molar-refractivity contribution < 1.29 is 0 Å². The summed E-state index contributed by atoms with van der Waals surface area (Å²) in [7, 11) is 0. The molecule has 0 heterocycles. The van der Waals surface area contributed by atoms with Gasteiger partial charge < -0.3 is 0 Å². The molecule has 25 heavy (non-hydrogen) atoms. The molecule has 0 atom stereocenters. The molecule has 3 rings (SSSR count). The summed E-state index contributed by atoms with van der Waals surface area (Å²) in [5, 5.41) is 0. The predicted octanol–water partition coefficient (Wildman–Crippen LogP) is 5.96. The van der Waals surface area contributed by atoms with Gasteiger partial charge >= 0.3 is 165 Å². The van der Waals surface area contributed by atoms with E-state index in [0.29, 0.717) is 21.7 Å². The molecule has 0 saturated carbocycles. The van der Waals surface area contributed by atoms with Gasteiger partial charge in [0.05, 0.1) is 0 Å². The summed E-state index contributed by atoms with van der Waals surface area (Å²) in [6.07, 6.45) is 7.72. The third-order valence-electron chi connectivity index (χ3n) is 8.09. The topological polar surface area (TPSA) is 0 Å². The van der Waals surface area contributed by atoms with Gasteiger partial charge in [0, 0.05) is 0 Å². The summed E-state index contributed by atoms with van der Waals surface area (Å²) < 4.78 is 1.63. The molecule has 137 valence electrons. The van der Waals surface area contributed by atoms with Gasteiger partial charge in [0.1, 0.15) is 0 Å². The van der Waals surface area contributed by atoms with Gasteiger partial charge in [0.2, 0.25) is 0 Å². The zero-order valence-corrected chi connectivity index (χ0v) is 19.9. The minimum atomic E-state index is 0.306. The van der Waals surface area contributed by atoms with Crippen LogP contribution in [-0.4, -0.2) is 16.5 Å². The summed E-state index contributed by atoms with van der Waals surface area (Å²) in [6.45, 7) is 19.6. The Morgan fingerprint density at radius 3 is 1.32 bits per heavy atom. The van der Waals surface area contributed by atoms with Crippen molar-refractivity contribution in [3.63, 3.8) is 0 Å². The first-order valence-corrected chi connectivity index (χ1v) is 11.5. The van der Waals surface area contributed by atoms with E-state index in [-0.39, 0.29) is 0 Å². The molecule has 0 spiro atoms. The number of hydrogen-bond acceptors (Lipinski definition) is 0. The van der Waals surface area contributed by atoms with Crippen molar-refractivity contribution in [1.82, 2.24) is 0 Å². The molecular formula is C24H37Ge. The number of hydrogen-bond donors (Lipinski definition) is 0. The fourth-order valence-electron chi connectivity index (χ4n) is 6.75. The minimum absolute atomic E-state index is 0.306. The first-order valence-electron chi connectivity index (χ1n) is 10.5. The van der Waals surface area contributed by atoms with Gasteiger partial charge in [-0.1, -0.05) is 0 Å². The van der Waals surface area contributed by atoms with Crippen molar-refractivity contribution in [2.24, 2.45) is 0 Å². The van der Waals surface area contributed by atoms with Crippen molar-refractivity contribution in [1.29, 1.82) is 0 Å². The normalized spacial score (nSPS) is 24.2. The van der Waals surface area contributed by atoms with E-state index in [2.05, 4.69) is 78.0 Å². The first kappa shape index (κ1) is 19.5. The van der Waals surface area contributed by atoms with Crippen molar-refractivity contribution in [3.8, 4) is 0 Å². The van der Waals surface area contributed by atoms with E-state index >= 15 is 0 Å². The van der Waals surface area contributed by atoms with E-state index in [0.717, 1.165) is 0 Å². The van der Waals surface area contributed by atoms with Crippen molar-refractivity contribution in [2.75, 3.05) is 0 Å². The number of benzene rings is 1. The molecule has 1 aromatic carbocycles. The Balaban J connectivity index is 2.41. The molecule has 0 aromatic heterocycles. The number of rotatable bonds is 4. The first-order chi connectivity index (χ1) is 11.5. The predicted molar refractivity (Wildman–Crippen MR) is 112 cm³/mol. The summed E-state index contributed by atoms with van der Waals surface area (Å²) in [6, 6.07) is 2.71. The third-order valence-corrected chi connectivity index (χ3v) is 9.14. The Labute approximate surface area is 164 Å². The van der Waals surface area contributed by atoms with Gasteiger partial charge in [-0.05, 0) is 0 Å². The van der Waals surface area contributed by atoms with E-state index < -0.39 is 0 Å². The molecule has 0 N–H and O–H groups in total. The average molecular weight is 398 g/mol. The van der Waals surface area contributed by atoms with Crippen LogP contribution in [0.15, 0.2) is 6.07 Å². The van der Waals surface area contributed by atoms with E-state index in [1.807, 2.05) is 0 Å². The molecule has 0 amide bonds. The van der Waals surface area contributed by atoms with Crippen LogP contribution in [0.25, 0.3) is 0 Å². The molecule has 0 fully saturated rings. The zero-order chi connectivity index (χ0) is 18.8. The van der Waals surface area contributed by atoms with Crippen LogP contribution in [0, 0.1) is 0 Å². The molecule has 1 aromatic rings. The Bertz CT molecular complexity index is 628. The van der Waals surface area contributed by atoms with Crippen LogP contribution >= 0.6 is 0 Å². The van der Waals surface area contributed by atoms with Crippen LogP contribution in [0.3, 0.4) is 0 Å². The van der Waals surface area contributed by atoms with Crippen LogP contribution in [0.4, 0.5) is 0 Å². The number of fused-ring (bicyclic) bond motifs is 2. The maximum absolute atomic E-state index is 2.71.